The van der Waals surface area contributed by atoms with E-state index in [9.17, 15) is 4.79 Å². The van der Waals surface area contributed by atoms with Crippen molar-refractivity contribution >= 4 is 17.2 Å². The molecule has 0 saturated heterocycles. The lowest BCUT2D eigenvalue weighted by molar-refractivity contribution is -0.122. The van der Waals surface area contributed by atoms with E-state index in [0.717, 1.165) is 17.7 Å². The van der Waals surface area contributed by atoms with Crippen LogP contribution >= 0.6 is 11.3 Å². The van der Waals surface area contributed by atoms with Crippen molar-refractivity contribution in [2.75, 3.05) is 0 Å². The van der Waals surface area contributed by atoms with Crippen LogP contribution in [0.5, 0.6) is 0 Å². The van der Waals surface area contributed by atoms with Crippen LogP contribution in [0.2, 0.25) is 0 Å². The Morgan fingerprint density at radius 2 is 2.27 bits per heavy atom. The Balaban J connectivity index is 1.90. The lowest BCUT2D eigenvalue weighted by atomic mass is 10.1. The number of thiophene rings is 1. The lowest BCUT2D eigenvalue weighted by Crippen LogP contribution is -2.35. The second kappa shape index (κ2) is 4.79. The third-order valence-electron chi connectivity index (χ3n) is 3.06. The Hall–Kier alpha value is -0.830. The van der Waals surface area contributed by atoms with Crippen molar-refractivity contribution < 1.29 is 4.79 Å². The van der Waals surface area contributed by atoms with Crippen LogP contribution in [0.1, 0.15) is 43.4 Å². The van der Waals surface area contributed by atoms with Crippen molar-refractivity contribution in [1.82, 2.24) is 5.32 Å². The van der Waals surface area contributed by atoms with Crippen LogP contribution in [0.15, 0.2) is 17.5 Å². The molecule has 1 aromatic heterocycles. The lowest BCUT2D eigenvalue weighted by Gasteiger charge is -2.15. The quantitative estimate of drug-likeness (QED) is 0.838. The Labute approximate surface area is 94.7 Å². The van der Waals surface area contributed by atoms with Gasteiger partial charge in [-0.15, -0.1) is 11.3 Å². The molecule has 0 bridgehead atoms. The summed E-state index contributed by atoms with van der Waals surface area (Å²) < 4.78 is 0. The van der Waals surface area contributed by atoms with E-state index >= 15 is 0 Å². The summed E-state index contributed by atoms with van der Waals surface area (Å²) in [4.78, 5) is 13.1. The Kier molecular flexibility index (Phi) is 3.41. The third kappa shape index (κ3) is 2.59. The van der Waals surface area contributed by atoms with Gasteiger partial charge in [0.25, 0.3) is 0 Å². The summed E-state index contributed by atoms with van der Waals surface area (Å²) in [5.74, 6) is 0.190. The van der Waals surface area contributed by atoms with Gasteiger partial charge in [0.05, 0.1) is 5.92 Å². The number of hydrogen-bond donors (Lipinski definition) is 1. The molecule has 1 atom stereocenters. The smallest absolute Gasteiger partial charge is 0.228 e. The first-order valence-corrected chi connectivity index (χ1v) is 6.49. The zero-order chi connectivity index (χ0) is 10.7. The number of hydrogen-bond acceptors (Lipinski definition) is 2. The Bertz CT molecular complexity index is 314. The second-order valence-corrected chi connectivity index (χ2v) is 5.21. The average Bonchev–Trinajstić information content (AvgIpc) is 2.88. The highest BCUT2D eigenvalue weighted by Gasteiger charge is 2.21. The molecular formula is C12H17NOS. The van der Waals surface area contributed by atoms with Crippen molar-refractivity contribution in [1.29, 1.82) is 0 Å². The molecule has 1 aliphatic rings. The van der Waals surface area contributed by atoms with Crippen LogP contribution in [0.3, 0.4) is 0 Å². The Morgan fingerprint density at radius 1 is 1.53 bits per heavy atom. The number of carbonyl (C=O) groups is 1. The van der Waals surface area contributed by atoms with Gasteiger partial charge < -0.3 is 5.32 Å². The molecule has 15 heavy (non-hydrogen) atoms. The molecule has 1 N–H and O–H groups in total. The summed E-state index contributed by atoms with van der Waals surface area (Å²) in [6.45, 7) is 1.98. The van der Waals surface area contributed by atoms with E-state index in [1.54, 1.807) is 11.3 Å². The SMILES string of the molecule is CC(C(=O)NC1CCCC1)c1cccs1. The van der Waals surface area contributed by atoms with E-state index in [2.05, 4.69) is 5.32 Å². The maximum atomic E-state index is 11.9. The van der Waals surface area contributed by atoms with Crippen molar-refractivity contribution in [3.63, 3.8) is 0 Å². The average molecular weight is 223 g/mol. The van der Waals surface area contributed by atoms with Crippen LogP contribution in [-0.4, -0.2) is 11.9 Å². The van der Waals surface area contributed by atoms with E-state index in [1.165, 1.54) is 12.8 Å². The normalized spacial score (nSPS) is 19.0. The molecule has 1 aliphatic carbocycles. The molecule has 0 aliphatic heterocycles. The molecule has 1 fully saturated rings. The minimum absolute atomic E-state index is 0.00519. The van der Waals surface area contributed by atoms with Gasteiger partial charge in [-0.05, 0) is 31.2 Å². The van der Waals surface area contributed by atoms with Crippen LogP contribution < -0.4 is 5.32 Å². The first kappa shape index (κ1) is 10.7. The summed E-state index contributed by atoms with van der Waals surface area (Å²) >= 11 is 1.66. The number of carbonyl (C=O) groups excluding carboxylic acids is 1. The second-order valence-electron chi connectivity index (χ2n) is 4.23. The minimum atomic E-state index is 0.00519. The fourth-order valence-corrected chi connectivity index (χ4v) is 2.85. The molecule has 0 radical (unpaired) electrons. The van der Waals surface area contributed by atoms with Gasteiger partial charge in [-0.2, -0.15) is 0 Å². The summed E-state index contributed by atoms with van der Waals surface area (Å²) in [6.07, 6.45) is 4.84. The van der Waals surface area contributed by atoms with E-state index in [-0.39, 0.29) is 11.8 Å². The van der Waals surface area contributed by atoms with Gasteiger partial charge in [0.15, 0.2) is 0 Å². The summed E-state index contributed by atoms with van der Waals surface area (Å²) in [6, 6.07) is 4.46. The summed E-state index contributed by atoms with van der Waals surface area (Å²) in [7, 11) is 0. The number of nitrogens with one attached hydrogen (secondary N) is 1. The molecular weight excluding hydrogens is 206 g/mol. The van der Waals surface area contributed by atoms with Gasteiger partial charge in [-0.3, -0.25) is 4.79 Å². The van der Waals surface area contributed by atoms with Gasteiger partial charge in [0, 0.05) is 10.9 Å². The maximum absolute atomic E-state index is 11.9. The zero-order valence-corrected chi connectivity index (χ0v) is 9.85. The van der Waals surface area contributed by atoms with E-state index in [1.807, 2.05) is 24.4 Å². The van der Waals surface area contributed by atoms with Crippen molar-refractivity contribution in [2.24, 2.45) is 0 Å². The standard InChI is InChI=1S/C12H17NOS/c1-9(11-7-4-8-15-11)12(14)13-10-5-2-3-6-10/h4,7-10H,2-3,5-6H2,1H3,(H,13,14). The highest BCUT2D eigenvalue weighted by atomic mass is 32.1. The van der Waals surface area contributed by atoms with Gasteiger partial charge in [-0.25, -0.2) is 0 Å². The molecule has 1 heterocycles. The fraction of sp³-hybridized carbons (Fsp3) is 0.583. The molecule has 1 amide bonds. The van der Waals surface area contributed by atoms with E-state index in [4.69, 9.17) is 0 Å². The Morgan fingerprint density at radius 3 is 2.87 bits per heavy atom. The van der Waals surface area contributed by atoms with Crippen molar-refractivity contribution in [2.45, 2.75) is 44.6 Å². The van der Waals surface area contributed by atoms with Gasteiger partial charge in [0.2, 0.25) is 5.91 Å². The first-order chi connectivity index (χ1) is 7.27. The monoisotopic (exact) mass is 223 g/mol. The van der Waals surface area contributed by atoms with Gasteiger partial charge in [-0.1, -0.05) is 18.9 Å². The van der Waals surface area contributed by atoms with Crippen molar-refractivity contribution in [3.05, 3.63) is 22.4 Å². The van der Waals surface area contributed by atoms with Crippen LogP contribution in [-0.2, 0) is 4.79 Å². The van der Waals surface area contributed by atoms with Crippen LogP contribution in [0, 0.1) is 0 Å². The topological polar surface area (TPSA) is 29.1 Å². The zero-order valence-electron chi connectivity index (χ0n) is 9.03. The molecule has 0 aromatic carbocycles. The first-order valence-electron chi connectivity index (χ1n) is 5.61. The van der Waals surface area contributed by atoms with Crippen LogP contribution in [0.4, 0.5) is 0 Å². The number of rotatable bonds is 3. The predicted molar refractivity (Wildman–Crippen MR) is 63.1 cm³/mol. The number of amides is 1. The molecule has 0 spiro atoms. The molecule has 1 saturated carbocycles. The van der Waals surface area contributed by atoms with Crippen LogP contribution in [0.25, 0.3) is 0 Å². The van der Waals surface area contributed by atoms with Gasteiger partial charge >= 0.3 is 0 Å². The highest BCUT2D eigenvalue weighted by Crippen LogP contribution is 2.23. The molecule has 1 aromatic rings. The largest absolute Gasteiger partial charge is 0.353 e. The molecule has 2 rings (SSSR count). The predicted octanol–water partition coefficient (Wildman–Crippen LogP) is 2.91. The summed E-state index contributed by atoms with van der Waals surface area (Å²) in [5.41, 5.74) is 0. The van der Waals surface area contributed by atoms with E-state index < -0.39 is 0 Å². The van der Waals surface area contributed by atoms with Crippen molar-refractivity contribution in [3.8, 4) is 0 Å². The third-order valence-corrected chi connectivity index (χ3v) is 4.12. The fourth-order valence-electron chi connectivity index (χ4n) is 2.06. The van der Waals surface area contributed by atoms with Gasteiger partial charge in [0.1, 0.15) is 0 Å². The maximum Gasteiger partial charge on any atom is 0.228 e. The molecule has 3 heteroatoms. The molecule has 1 unspecified atom stereocenters. The molecule has 2 nitrogen and oxygen atoms in total. The van der Waals surface area contributed by atoms with E-state index in [0.29, 0.717) is 6.04 Å². The molecule has 82 valence electrons. The summed E-state index contributed by atoms with van der Waals surface area (Å²) in [5, 5.41) is 5.16. The highest BCUT2D eigenvalue weighted by molar-refractivity contribution is 7.10. The minimum Gasteiger partial charge on any atom is -0.353 e.